The Balaban J connectivity index is 2.23. The molecule has 0 aliphatic carbocycles. The van der Waals surface area contributed by atoms with E-state index >= 15 is 0 Å². The quantitative estimate of drug-likeness (QED) is 0.562. The van der Waals surface area contributed by atoms with Gasteiger partial charge in [0.1, 0.15) is 5.82 Å². The fourth-order valence-electron chi connectivity index (χ4n) is 1.61. The number of aryl methyl sites for hydroxylation is 1. The van der Waals surface area contributed by atoms with E-state index in [0.717, 1.165) is 16.0 Å². The second kappa shape index (κ2) is 5.70. The van der Waals surface area contributed by atoms with Crippen LogP contribution in [0.4, 0.5) is 4.39 Å². The lowest BCUT2D eigenvalue weighted by molar-refractivity contribution is 0.627. The third kappa shape index (κ3) is 2.91. The van der Waals surface area contributed by atoms with E-state index in [1.807, 2.05) is 31.2 Å². The molecule has 1 atom stereocenters. The van der Waals surface area contributed by atoms with Gasteiger partial charge in [-0.1, -0.05) is 18.2 Å². The van der Waals surface area contributed by atoms with Gasteiger partial charge < -0.3 is 0 Å². The zero-order chi connectivity index (χ0) is 13.0. The maximum absolute atomic E-state index is 12.9. The summed E-state index contributed by atoms with van der Waals surface area (Å²) < 4.78 is 12.9. The molecule has 0 amide bonds. The van der Waals surface area contributed by atoms with Gasteiger partial charge in [0, 0.05) is 10.5 Å². The van der Waals surface area contributed by atoms with Crippen molar-refractivity contribution < 1.29 is 4.39 Å². The number of benzene rings is 2. The first-order valence-electron chi connectivity index (χ1n) is 5.55. The van der Waals surface area contributed by atoms with Crippen LogP contribution in [0.5, 0.6) is 0 Å². The standard InChI is InChI=1S/C15H12FNS/c1-11-5-3-4-6-14(11)18-15(17-2)12-7-9-13(16)10-8-12/h3-10,15H,1H3. The lowest BCUT2D eigenvalue weighted by atomic mass is 10.2. The fourth-order valence-corrected chi connectivity index (χ4v) is 2.60. The molecule has 0 fully saturated rings. The first kappa shape index (κ1) is 12.7. The van der Waals surface area contributed by atoms with Gasteiger partial charge in [0.25, 0.3) is 5.37 Å². The smallest absolute Gasteiger partial charge is 0.296 e. The maximum Gasteiger partial charge on any atom is 0.298 e. The highest BCUT2D eigenvalue weighted by Crippen LogP contribution is 2.37. The summed E-state index contributed by atoms with van der Waals surface area (Å²) >= 11 is 1.50. The molecule has 0 bridgehead atoms. The first-order chi connectivity index (χ1) is 8.70. The van der Waals surface area contributed by atoms with Crippen molar-refractivity contribution in [2.24, 2.45) is 0 Å². The van der Waals surface area contributed by atoms with Gasteiger partial charge in [-0.25, -0.2) is 11.0 Å². The van der Waals surface area contributed by atoms with Crippen LogP contribution in [-0.4, -0.2) is 0 Å². The van der Waals surface area contributed by atoms with Crippen molar-refractivity contribution in [1.82, 2.24) is 0 Å². The van der Waals surface area contributed by atoms with Crippen molar-refractivity contribution in [3.05, 3.63) is 76.9 Å². The summed E-state index contributed by atoms with van der Waals surface area (Å²) in [6.45, 7) is 9.30. The van der Waals surface area contributed by atoms with Gasteiger partial charge in [0.2, 0.25) is 0 Å². The molecule has 3 heteroatoms. The number of hydrogen-bond acceptors (Lipinski definition) is 1. The van der Waals surface area contributed by atoms with Crippen molar-refractivity contribution in [2.75, 3.05) is 0 Å². The molecule has 2 aromatic carbocycles. The highest BCUT2D eigenvalue weighted by atomic mass is 32.2. The lowest BCUT2D eigenvalue weighted by Crippen LogP contribution is -1.90. The van der Waals surface area contributed by atoms with Crippen LogP contribution < -0.4 is 0 Å². The van der Waals surface area contributed by atoms with E-state index in [0.29, 0.717) is 0 Å². The highest BCUT2D eigenvalue weighted by Gasteiger charge is 2.18. The monoisotopic (exact) mass is 257 g/mol. The Bertz CT molecular complexity index is 572. The Hall–Kier alpha value is -1.79. The Morgan fingerprint density at radius 3 is 2.39 bits per heavy atom. The van der Waals surface area contributed by atoms with E-state index in [9.17, 15) is 4.39 Å². The number of thioether (sulfide) groups is 1. The predicted octanol–water partition coefficient (Wildman–Crippen LogP) is 4.84. The van der Waals surface area contributed by atoms with Gasteiger partial charge in [-0.3, -0.25) is 4.85 Å². The Labute approximate surface area is 110 Å². The topological polar surface area (TPSA) is 4.36 Å². The van der Waals surface area contributed by atoms with Crippen molar-refractivity contribution in [3.8, 4) is 0 Å². The second-order valence-corrected chi connectivity index (χ2v) is 5.04. The normalized spacial score (nSPS) is 11.8. The zero-order valence-corrected chi connectivity index (χ0v) is 10.7. The van der Waals surface area contributed by atoms with Crippen LogP contribution in [0.1, 0.15) is 16.5 Å². The largest absolute Gasteiger partial charge is 0.298 e. The van der Waals surface area contributed by atoms with Crippen LogP contribution in [0.3, 0.4) is 0 Å². The summed E-state index contributed by atoms with van der Waals surface area (Å²) in [6, 6.07) is 14.1. The summed E-state index contributed by atoms with van der Waals surface area (Å²) in [5.74, 6) is -0.275. The van der Waals surface area contributed by atoms with E-state index in [2.05, 4.69) is 4.85 Å². The minimum Gasteiger partial charge on any atom is -0.296 e. The fraction of sp³-hybridized carbons (Fsp3) is 0.133. The molecule has 0 heterocycles. The second-order valence-electron chi connectivity index (χ2n) is 3.92. The Kier molecular flexibility index (Phi) is 4.01. The van der Waals surface area contributed by atoms with E-state index in [4.69, 9.17) is 6.57 Å². The van der Waals surface area contributed by atoms with Crippen LogP contribution >= 0.6 is 11.8 Å². The van der Waals surface area contributed by atoms with Crippen molar-refractivity contribution >= 4 is 11.8 Å². The Morgan fingerprint density at radius 2 is 1.78 bits per heavy atom. The molecule has 1 unspecified atom stereocenters. The lowest BCUT2D eigenvalue weighted by Gasteiger charge is -2.07. The van der Waals surface area contributed by atoms with E-state index in [1.54, 1.807) is 12.1 Å². The average molecular weight is 257 g/mol. The highest BCUT2D eigenvalue weighted by molar-refractivity contribution is 7.99. The molecule has 0 N–H and O–H groups in total. The molecule has 0 saturated carbocycles. The zero-order valence-electron chi connectivity index (χ0n) is 9.93. The van der Waals surface area contributed by atoms with E-state index in [-0.39, 0.29) is 11.2 Å². The molecule has 0 radical (unpaired) electrons. The van der Waals surface area contributed by atoms with E-state index in [1.165, 1.54) is 23.9 Å². The molecule has 0 aliphatic heterocycles. The summed E-state index contributed by atoms with van der Waals surface area (Å²) in [4.78, 5) is 4.70. The molecule has 0 saturated heterocycles. The van der Waals surface area contributed by atoms with Crippen molar-refractivity contribution in [1.29, 1.82) is 0 Å². The van der Waals surface area contributed by atoms with Crippen molar-refractivity contribution in [2.45, 2.75) is 17.2 Å². The van der Waals surface area contributed by atoms with Gasteiger partial charge >= 0.3 is 0 Å². The number of nitrogens with zero attached hydrogens (tertiary/aromatic N) is 1. The molecule has 1 nitrogen and oxygen atoms in total. The molecular formula is C15H12FNS. The average Bonchev–Trinajstić information content (AvgIpc) is 2.39. The molecule has 90 valence electrons. The summed E-state index contributed by atoms with van der Waals surface area (Å²) in [5, 5.41) is -0.327. The third-order valence-corrected chi connectivity index (χ3v) is 3.92. The van der Waals surface area contributed by atoms with Gasteiger partial charge in [-0.05, 0) is 54.6 Å². The number of halogens is 1. The van der Waals surface area contributed by atoms with Gasteiger partial charge in [0.15, 0.2) is 0 Å². The van der Waals surface area contributed by atoms with Crippen LogP contribution in [0.15, 0.2) is 53.4 Å². The van der Waals surface area contributed by atoms with E-state index < -0.39 is 0 Å². The third-order valence-electron chi connectivity index (χ3n) is 2.60. The molecule has 0 spiro atoms. The molecule has 2 rings (SSSR count). The first-order valence-corrected chi connectivity index (χ1v) is 6.43. The van der Waals surface area contributed by atoms with Gasteiger partial charge in [-0.15, -0.1) is 0 Å². The van der Waals surface area contributed by atoms with Crippen LogP contribution in [0.25, 0.3) is 4.85 Å². The van der Waals surface area contributed by atoms with Crippen LogP contribution in [0.2, 0.25) is 0 Å². The maximum atomic E-state index is 12.9. The summed E-state index contributed by atoms with van der Waals surface area (Å²) in [6.07, 6.45) is 0. The van der Waals surface area contributed by atoms with Gasteiger partial charge in [-0.2, -0.15) is 0 Å². The predicted molar refractivity (Wildman–Crippen MR) is 72.8 cm³/mol. The number of rotatable bonds is 3. The summed E-state index contributed by atoms with van der Waals surface area (Å²) in [7, 11) is 0. The molecular weight excluding hydrogens is 245 g/mol. The Morgan fingerprint density at radius 1 is 1.11 bits per heavy atom. The minimum atomic E-state index is -0.327. The molecule has 0 aromatic heterocycles. The van der Waals surface area contributed by atoms with Crippen LogP contribution in [-0.2, 0) is 0 Å². The van der Waals surface area contributed by atoms with Gasteiger partial charge in [0.05, 0.1) is 0 Å². The molecule has 2 aromatic rings. The molecule has 18 heavy (non-hydrogen) atoms. The summed E-state index contributed by atoms with van der Waals surface area (Å²) in [5.41, 5.74) is 1.98. The number of hydrogen-bond donors (Lipinski definition) is 0. The SMILES string of the molecule is [C-]#[N+]C(Sc1ccccc1C)c1ccc(F)cc1. The minimum absolute atomic E-state index is 0.275. The van der Waals surface area contributed by atoms with Crippen molar-refractivity contribution in [3.63, 3.8) is 0 Å². The van der Waals surface area contributed by atoms with Crippen LogP contribution in [0, 0.1) is 19.3 Å². The molecule has 0 aliphatic rings.